The molecule has 1 aliphatic heterocycles. The Hall–Kier alpha value is -2.12. The summed E-state index contributed by atoms with van der Waals surface area (Å²) in [5.74, 6) is 0.0464. The molecule has 1 aromatic carbocycles. The van der Waals surface area contributed by atoms with E-state index in [0.29, 0.717) is 24.9 Å². The van der Waals surface area contributed by atoms with Crippen LogP contribution in [0, 0.1) is 13.8 Å². The number of carbonyl (C=O) groups is 1. The van der Waals surface area contributed by atoms with Gasteiger partial charge < -0.3 is 14.4 Å². The summed E-state index contributed by atoms with van der Waals surface area (Å²) < 4.78 is 11.9. The molecular formula is C19H25N3O3S. The van der Waals surface area contributed by atoms with E-state index in [0.717, 1.165) is 23.2 Å². The van der Waals surface area contributed by atoms with E-state index in [-0.39, 0.29) is 11.7 Å². The largest absolute Gasteiger partial charge is 0.494 e. The Morgan fingerprint density at radius 1 is 1.23 bits per heavy atom. The molecule has 0 radical (unpaired) electrons. The molecule has 0 atom stereocenters. The summed E-state index contributed by atoms with van der Waals surface area (Å²) >= 11 is 1.55. The van der Waals surface area contributed by atoms with Crippen LogP contribution in [0.1, 0.15) is 17.5 Å². The van der Waals surface area contributed by atoms with Gasteiger partial charge in [0.25, 0.3) is 5.91 Å². The second-order valence-electron chi connectivity index (χ2n) is 6.74. The molecule has 7 heteroatoms. The highest BCUT2D eigenvalue weighted by Crippen LogP contribution is 2.33. The second-order valence-corrected chi connectivity index (χ2v) is 7.72. The molecule has 1 amide bonds. The number of rotatable bonds is 6. The standard InChI is InChI=1S/C19H25N3O3S/c1-13-10-14(2)17-15(11-13)20-19(26-17)22(7-5-6-21(3)4)18(23)16-12-24-8-9-25-16/h10-12H,5-9H2,1-4H3. The Morgan fingerprint density at radius 3 is 2.73 bits per heavy atom. The van der Waals surface area contributed by atoms with Crippen LogP contribution in [0.5, 0.6) is 0 Å². The minimum Gasteiger partial charge on any atom is -0.494 e. The van der Waals surface area contributed by atoms with Gasteiger partial charge in [0.2, 0.25) is 5.76 Å². The number of aryl methyl sites for hydroxylation is 2. The average molecular weight is 375 g/mol. The van der Waals surface area contributed by atoms with E-state index >= 15 is 0 Å². The Kier molecular flexibility index (Phi) is 5.78. The van der Waals surface area contributed by atoms with E-state index < -0.39 is 0 Å². The number of aromatic nitrogens is 1. The van der Waals surface area contributed by atoms with Crippen molar-refractivity contribution in [2.45, 2.75) is 20.3 Å². The Balaban J connectivity index is 1.92. The molecule has 1 aromatic heterocycles. The molecule has 26 heavy (non-hydrogen) atoms. The number of anilines is 1. The van der Waals surface area contributed by atoms with Crippen LogP contribution < -0.4 is 4.90 Å². The molecule has 6 nitrogen and oxygen atoms in total. The van der Waals surface area contributed by atoms with Crippen molar-refractivity contribution in [2.24, 2.45) is 0 Å². The highest BCUT2D eigenvalue weighted by molar-refractivity contribution is 7.22. The van der Waals surface area contributed by atoms with Crippen molar-refractivity contribution in [3.05, 3.63) is 35.3 Å². The third-order valence-corrected chi connectivity index (χ3v) is 5.36. The molecule has 0 saturated carbocycles. The fourth-order valence-corrected chi connectivity index (χ4v) is 3.96. The normalized spacial score (nSPS) is 14.1. The van der Waals surface area contributed by atoms with E-state index in [1.165, 1.54) is 17.4 Å². The third-order valence-electron chi connectivity index (χ3n) is 4.13. The van der Waals surface area contributed by atoms with Crippen molar-refractivity contribution in [1.82, 2.24) is 9.88 Å². The highest BCUT2D eigenvalue weighted by Gasteiger charge is 2.26. The van der Waals surface area contributed by atoms with Gasteiger partial charge in [-0.25, -0.2) is 4.98 Å². The minimum atomic E-state index is -0.197. The molecule has 0 unspecified atom stereocenters. The summed E-state index contributed by atoms with van der Waals surface area (Å²) in [4.78, 5) is 21.6. The van der Waals surface area contributed by atoms with E-state index in [4.69, 9.17) is 14.5 Å². The molecule has 1 aliphatic rings. The summed E-state index contributed by atoms with van der Waals surface area (Å²) in [6.45, 7) is 6.47. The van der Waals surface area contributed by atoms with Gasteiger partial charge in [0.05, 0.1) is 10.2 Å². The number of thiazole rings is 1. The van der Waals surface area contributed by atoms with E-state index in [9.17, 15) is 4.79 Å². The van der Waals surface area contributed by atoms with Crippen LogP contribution in [0.3, 0.4) is 0 Å². The van der Waals surface area contributed by atoms with Gasteiger partial charge in [-0.3, -0.25) is 9.69 Å². The number of carbonyl (C=O) groups excluding carboxylic acids is 1. The first-order chi connectivity index (χ1) is 12.5. The van der Waals surface area contributed by atoms with Crippen molar-refractivity contribution < 1.29 is 14.3 Å². The minimum absolute atomic E-state index is 0.197. The summed E-state index contributed by atoms with van der Waals surface area (Å²) in [7, 11) is 4.05. The third kappa shape index (κ3) is 4.16. The number of nitrogens with zero attached hydrogens (tertiary/aromatic N) is 3. The zero-order valence-electron chi connectivity index (χ0n) is 15.7. The number of amides is 1. The summed E-state index contributed by atoms with van der Waals surface area (Å²) in [6, 6.07) is 4.20. The maximum absolute atomic E-state index is 13.0. The van der Waals surface area contributed by atoms with Gasteiger partial charge in [0, 0.05) is 6.54 Å². The lowest BCUT2D eigenvalue weighted by Crippen LogP contribution is -2.36. The SMILES string of the molecule is Cc1cc(C)c2sc(N(CCCN(C)C)C(=O)C3=COCCO3)nc2c1. The van der Waals surface area contributed by atoms with Gasteiger partial charge in [0.15, 0.2) is 5.13 Å². The quantitative estimate of drug-likeness (QED) is 0.777. The molecule has 2 aromatic rings. The van der Waals surface area contributed by atoms with E-state index in [1.54, 1.807) is 16.2 Å². The number of ether oxygens (including phenoxy) is 2. The zero-order chi connectivity index (χ0) is 18.7. The van der Waals surface area contributed by atoms with Gasteiger partial charge >= 0.3 is 0 Å². The summed E-state index contributed by atoms with van der Waals surface area (Å²) in [5, 5.41) is 0.701. The zero-order valence-corrected chi connectivity index (χ0v) is 16.6. The smallest absolute Gasteiger partial charge is 0.298 e. The second kappa shape index (κ2) is 8.05. The van der Waals surface area contributed by atoms with Crippen LogP contribution in [0.25, 0.3) is 10.2 Å². The molecule has 140 valence electrons. The lowest BCUT2D eigenvalue weighted by molar-refractivity contribution is -0.119. The molecular weight excluding hydrogens is 350 g/mol. The van der Waals surface area contributed by atoms with Crippen LogP contribution in [0.15, 0.2) is 24.2 Å². The fourth-order valence-electron chi connectivity index (χ4n) is 2.92. The van der Waals surface area contributed by atoms with E-state index in [2.05, 4.69) is 30.9 Å². The first-order valence-corrected chi connectivity index (χ1v) is 9.56. The van der Waals surface area contributed by atoms with Gasteiger partial charge in [-0.05, 0) is 58.1 Å². The lowest BCUT2D eigenvalue weighted by atomic mass is 10.1. The fraction of sp³-hybridized carbons (Fsp3) is 0.474. The first-order valence-electron chi connectivity index (χ1n) is 8.74. The Labute approximate surface area is 158 Å². The van der Waals surface area contributed by atoms with Crippen LogP contribution >= 0.6 is 11.3 Å². The predicted octanol–water partition coefficient (Wildman–Crippen LogP) is 3.09. The average Bonchev–Trinajstić information content (AvgIpc) is 3.02. The van der Waals surface area contributed by atoms with Crippen molar-refractivity contribution in [2.75, 3.05) is 45.3 Å². The number of hydrogen-bond acceptors (Lipinski definition) is 6. The predicted molar refractivity (Wildman–Crippen MR) is 105 cm³/mol. The Morgan fingerprint density at radius 2 is 2.04 bits per heavy atom. The van der Waals surface area contributed by atoms with Gasteiger partial charge in [-0.2, -0.15) is 0 Å². The molecule has 0 aliphatic carbocycles. The maximum atomic E-state index is 13.0. The number of benzene rings is 1. The summed E-state index contributed by atoms with van der Waals surface area (Å²) in [5.41, 5.74) is 3.28. The lowest BCUT2D eigenvalue weighted by Gasteiger charge is -2.23. The molecule has 3 rings (SSSR count). The van der Waals surface area contributed by atoms with Gasteiger partial charge in [-0.1, -0.05) is 17.4 Å². The van der Waals surface area contributed by atoms with Crippen LogP contribution in [-0.4, -0.2) is 56.2 Å². The number of hydrogen-bond donors (Lipinski definition) is 0. The van der Waals surface area contributed by atoms with Crippen molar-refractivity contribution >= 4 is 32.6 Å². The van der Waals surface area contributed by atoms with Crippen LogP contribution in [0.2, 0.25) is 0 Å². The molecule has 2 heterocycles. The van der Waals surface area contributed by atoms with Crippen molar-refractivity contribution in [1.29, 1.82) is 0 Å². The Bertz CT molecular complexity index is 829. The van der Waals surface area contributed by atoms with Gasteiger partial charge in [0.1, 0.15) is 19.5 Å². The topological polar surface area (TPSA) is 54.9 Å². The van der Waals surface area contributed by atoms with Gasteiger partial charge in [-0.15, -0.1) is 0 Å². The molecule has 0 fully saturated rings. The first kappa shape index (κ1) is 18.7. The maximum Gasteiger partial charge on any atom is 0.298 e. The molecule has 0 saturated heterocycles. The van der Waals surface area contributed by atoms with Crippen molar-refractivity contribution in [3.8, 4) is 0 Å². The monoisotopic (exact) mass is 375 g/mol. The molecule has 0 N–H and O–H groups in total. The van der Waals surface area contributed by atoms with E-state index in [1.807, 2.05) is 14.1 Å². The number of fused-ring (bicyclic) bond motifs is 1. The van der Waals surface area contributed by atoms with Crippen LogP contribution in [-0.2, 0) is 14.3 Å². The van der Waals surface area contributed by atoms with Crippen LogP contribution in [0.4, 0.5) is 5.13 Å². The van der Waals surface area contributed by atoms with Crippen molar-refractivity contribution in [3.63, 3.8) is 0 Å². The molecule has 0 spiro atoms. The highest BCUT2D eigenvalue weighted by atomic mass is 32.1. The summed E-state index contributed by atoms with van der Waals surface area (Å²) in [6.07, 6.45) is 2.26. The molecule has 0 bridgehead atoms.